The van der Waals surface area contributed by atoms with Gasteiger partial charge in [0.05, 0.1) is 40.9 Å². The maximum absolute atomic E-state index is 14.4. The van der Waals surface area contributed by atoms with E-state index in [2.05, 4.69) is 6.07 Å². The highest BCUT2D eigenvalue weighted by Crippen LogP contribution is 2.48. The van der Waals surface area contributed by atoms with Gasteiger partial charge in [-0.05, 0) is 73.3 Å². The van der Waals surface area contributed by atoms with Gasteiger partial charge in [0.25, 0.3) is 11.5 Å². The molecule has 1 aromatic heterocycles. The lowest BCUT2D eigenvalue weighted by Gasteiger charge is -2.36. The van der Waals surface area contributed by atoms with Crippen LogP contribution in [0.2, 0.25) is 10.0 Å². The third kappa shape index (κ3) is 6.01. The maximum atomic E-state index is 14.4. The van der Waals surface area contributed by atoms with Crippen molar-refractivity contribution in [2.24, 2.45) is 0 Å². The van der Waals surface area contributed by atoms with Gasteiger partial charge in [0, 0.05) is 36.0 Å². The molecule has 5 rings (SSSR count). The number of methoxy groups -OCH3 is 1. The molecular weight excluding hydrogens is 683 g/mol. The van der Waals surface area contributed by atoms with Crippen LogP contribution < -0.4 is 15.2 Å². The van der Waals surface area contributed by atoms with Crippen LogP contribution in [0.1, 0.15) is 53.9 Å². The molecular formula is C31H28Cl3F2N5O4S. The number of nitriles is 1. The number of fused-ring (bicyclic) bond motifs is 1. The molecule has 1 fully saturated rings. The van der Waals surface area contributed by atoms with Crippen LogP contribution in [0, 0.1) is 11.3 Å². The van der Waals surface area contributed by atoms with Crippen molar-refractivity contribution in [3.8, 4) is 11.8 Å². The van der Waals surface area contributed by atoms with Crippen LogP contribution in [0.5, 0.6) is 5.75 Å². The zero-order valence-electron chi connectivity index (χ0n) is 24.9. The number of hydrogen-bond acceptors (Lipinski definition) is 6. The summed E-state index contributed by atoms with van der Waals surface area (Å²) in [5.74, 6) is -0.447. The number of carbonyl (C=O) groups is 2. The van der Waals surface area contributed by atoms with Crippen molar-refractivity contribution < 1.29 is 23.1 Å². The van der Waals surface area contributed by atoms with Crippen molar-refractivity contribution in [2.75, 3.05) is 31.6 Å². The van der Waals surface area contributed by atoms with Gasteiger partial charge in [-0.15, -0.1) is 0 Å². The van der Waals surface area contributed by atoms with Crippen LogP contribution >= 0.6 is 46.6 Å². The first-order valence-electron chi connectivity index (χ1n) is 14.2. The number of nitrogens with zero attached hydrogens (tertiary/aromatic N) is 4. The standard InChI is InChI=1S/C31H28Cl3F2N5O4S/c1-4-39-11-6-12-40(29(39)44)21-13-17-16-41(30(2,9-10-37)18(17)14-22(21)45-3)28(43)25-23(15-24(31(34,35)36)38-27(25)42)46-26-19(32)7-5-8-20(26)33/h5,7-8,13-15H,4,6,9,11-12,16H2,1-3H3,(H,38,42). The molecule has 0 spiro atoms. The van der Waals surface area contributed by atoms with Gasteiger partial charge in [-0.3, -0.25) is 14.5 Å². The van der Waals surface area contributed by atoms with E-state index in [1.54, 1.807) is 34.9 Å². The highest BCUT2D eigenvalue weighted by molar-refractivity contribution is 7.99. The van der Waals surface area contributed by atoms with Crippen LogP contribution in [0.4, 0.5) is 19.3 Å². The normalized spacial score (nSPS) is 18.1. The average Bonchev–Trinajstić information content (AvgIpc) is 3.28. The molecule has 1 saturated heterocycles. The Bertz CT molecular complexity index is 1810. The van der Waals surface area contributed by atoms with Crippen molar-refractivity contribution >= 4 is 64.2 Å². The number of halogens is 5. The first-order valence-corrected chi connectivity index (χ1v) is 16.1. The lowest BCUT2D eigenvalue weighted by molar-refractivity contribution is 0.0539. The Morgan fingerprint density at radius 3 is 2.50 bits per heavy atom. The zero-order valence-corrected chi connectivity index (χ0v) is 28.0. The molecule has 2 aliphatic heterocycles. The van der Waals surface area contributed by atoms with Gasteiger partial charge in [-0.2, -0.15) is 14.0 Å². The second-order valence-corrected chi connectivity index (χ2v) is 13.3. The van der Waals surface area contributed by atoms with Crippen molar-refractivity contribution in [2.45, 2.75) is 53.9 Å². The van der Waals surface area contributed by atoms with Crippen molar-refractivity contribution in [1.29, 1.82) is 5.26 Å². The fraction of sp³-hybridized carbons (Fsp3) is 0.355. The summed E-state index contributed by atoms with van der Waals surface area (Å²) < 4.78 is 34.2. The molecule has 2 aromatic carbocycles. The monoisotopic (exact) mass is 709 g/mol. The predicted octanol–water partition coefficient (Wildman–Crippen LogP) is 7.57. The summed E-state index contributed by atoms with van der Waals surface area (Å²) in [6.07, 6.45) is 0.571. The number of amides is 3. The molecule has 0 aliphatic carbocycles. The van der Waals surface area contributed by atoms with Crippen molar-refractivity contribution in [3.05, 3.63) is 79.2 Å². The smallest absolute Gasteiger partial charge is 0.362 e. The number of pyridine rings is 1. The van der Waals surface area contributed by atoms with Gasteiger partial charge in [-0.25, -0.2) is 4.79 Å². The van der Waals surface area contributed by atoms with Gasteiger partial charge in [-0.1, -0.05) is 41.0 Å². The molecule has 1 unspecified atom stereocenters. The molecule has 3 heterocycles. The average molecular weight is 711 g/mol. The quantitative estimate of drug-likeness (QED) is 0.242. The Hall–Kier alpha value is -3.50. The molecule has 2 aliphatic rings. The fourth-order valence-corrected chi connectivity index (χ4v) is 7.58. The summed E-state index contributed by atoms with van der Waals surface area (Å²) in [6, 6.07) is 11.0. The van der Waals surface area contributed by atoms with Gasteiger partial charge in [0.15, 0.2) is 0 Å². The summed E-state index contributed by atoms with van der Waals surface area (Å²) in [4.78, 5) is 48.0. The lowest BCUT2D eigenvalue weighted by Crippen LogP contribution is -2.49. The predicted molar refractivity (Wildman–Crippen MR) is 172 cm³/mol. The summed E-state index contributed by atoms with van der Waals surface area (Å²) in [5, 5.41) is 6.27. The molecule has 0 saturated carbocycles. The number of aromatic nitrogens is 1. The van der Waals surface area contributed by atoms with Crippen molar-refractivity contribution in [3.63, 3.8) is 0 Å². The minimum absolute atomic E-state index is 0.0489. The molecule has 1 atom stereocenters. The molecule has 9 nitrogen and oxygen atoms in total. The summed E-state index contributed by atoms with van der Waals surface area (Å²) in [6.45, 7) is 5.15. The van der Waals surface area contributed by atoms with E-state index in [1.165, 1.54) is 24.1 Å². The Morgan fingerprint density at radius 1 is 1.20 bits per heavy atom. The number of H-pyrrole nitrogens is 1. The van der Waals surface area contributed by atoms with Crippen LogP contribution in [0.25, 0.3) is 0 Å². The van der Waals surface area contributed by atoms with Crippen LogP contribution in [-0.2, 0) is 17.5 Å². The third-order valence-electron chi connectivity index (χ3n) is 8.21. The number of aromatic amines is 1. The lowest BCUT2D eigenvalue weighted by atomic mass is 9.88. The molecule has 242 valence electrons. The molecule has 1 N–H and O–H groups in total. The highest BCUT2D eigenvalue weighted by atomic mass is 35.5. The number of hydrogen-bond donors (Lipinski definition) is 1. The Morgan fingerprint density at radius 2 is 1.89 bits per heavy atom. The molecule has 3 amide bonds. The number of alkyl halides is 3. The third-order valence-corrected chi connectivity index (χ3v) is 10.5. The second-order valence-electron chi connectivity index (χ2n) is 11.0. The number of carbonyl (C=O) groups excluding carboxylic acids is 2. The van der Waals surface area contributed by atoms with Crippen LogP contribution in [-0.4, -0.2) is 53.5 Å². The highest BCUT2D eigenvalue weighted by Gasteiger charge is 2.47. The number of benzene rings is 2. The van der Waals surface area contributed by atoms with E-state index in [1.807, 2.05) is 11.9 Å². The van der Waals surface area contributed by atoms with E-state index in [4.69, 9.17) is 39.5 Å². The molecule has 0 radical (unpaired) electrons. The SMILES string of the molecule is CCN1CCCN(c2cc3c(cc2OC)C(C)(CC#N)N(C(=O)c2c(Sc4c(Cl)cccc4Cl)cc(C(F)(F)Cl)[nH]c2=O)C3)C1=O. The van der Waals surface area contributed by atoms with E-state index in [9.17, 15) is 28.4 Å². The van der Waals surface area contributed by atoms with Gasteiger partial charge in [0.1, 0.15) is 17.0 Å². The Kier molecular flexibility index (Phi) is 9.53. The Labute approximate surface area is 282 Å². The van der Waals surface area contributed by atoms with Crippen LogP contribution in [0.15, 0.2) is 51.0 Å². The van der Waals surface area contributed by atoms with Gasteiger partial charge >= 0.3 is 11.4 Å². The number of anilines is 1. The number of rotatable bonds is 8. The van der Waals surface area contributed by atoms with E-state index in [0.717, 1.165) is 24.2 Å². The second kappa shape index (κ2) is 13.0. The van der Waals surface area contributed by atoms with Crippen molar-refractivity contribution in [1.82, 2.24) is 14.8 Å². The van der Waals surface area contributed by atoms with E-state index < -0.39 is 33.6 Å². The van der Waals surface area contributed by atoms with Gasteiger partial charge < -0.3 is 19.5 Å². The summed E-state index contributed by atoms with van der Waals surface area (Å²) in [5.41, 5.74) is -2.03. The zero-order chi connectivity index (χ0) is 33.6. The van der Waals surface area contributed by atoms with Gasteiger partial charge in [0.2, 0.25) is 0 Å². The van der Waals surface area contributed by atoms with E-state index in [0.29, 0.717) is 42.2 Å². The number of ether oxygens (including phenoxy) is 1. The molecule has 15 heteroatoms. The summed E-state index contributed by atoms with van der Waals surface area (Å²) >= 11 is 18.7. The first kappa shape index (κ1) is 33.9. The number of nitrogens with one attached hydrogen (secondary N) is 1. The molecule has 3 aromatic rings. The van der Waals surface area contributed by atoms with E-state index in [-0.39, 0.29) is 38.8 Å². The van der Waals surface area contributed by atoms with E-state index >= 15 is 0 Å². The molecule has 0 bridgehead atoms. The minimum Gasteiger partial charge on any atom is -0.495 e. The topological polar surface area (TPSA) is 110 Å². The summed E-state index contributed by atoms with van der Waals surface area (Å²) in [7, 11) is 1.47. The number of urea groups is 1. The molecule has 46 heavy (non-hydrogen) atoms. The first-order chi connectivity index (χ1) is 21.7. The maximum Gasteiger partial charge on any atom is 0.362 e. The Balaban J connectivity index is 1.64. The minimum atomic E-state index is -3.95. The fourth-order valence-electron chi connectivity index (χ4n) is 5.84. The largest absolute Gasteiger partial charge is 0.495 e. The van der Waals surface area contributed by atoms with Crippen LogP contribution in [0.3, 0.4) is 0 Å².